The Balaban J connectivity index is 0. The van der Waals surface area contributed by atoms with Crippen molar-refractivity contribution in [2.75, 3.05) is 6.54 Å². The summed E-state index contributed by atoms with van der Waals surface area (Å²) >= 11 is 0. The topological polar surface area (TPSA) is 181 Å². The van der Waals surface area contributed by atoms with Gasteiger partial charge in [-0.15, -0.1) is 5.06 Å². The number of imide groups is 1. The van der Waals surface area contributed by atoms with E-state index in [4.69, 9.17) is 20.8 Å². The highest BCUT2D eigenvalue weighted by Crippen LogP contribution is 2.14. The van der Waals surface area contributed by atoms with Gasteiger partial charge in [0.15, 0.2) is 0 Å². The van der Waals surface area contributed by atoms with Gasteiger partial charge in [-0.2, -0.15) is 0 Å². The lowest BCUT2D eigenvalue weighted by Crippen LogP contribution is -2.31. The molecule has 0 unspecified atom stereocenters. The summed E-state index contributed by atoms with van der Waals surface area (Å²) in [6.45, 7) is 4.92. The molecular weight excluding hydrogens is 544 g/mol. The summed E-state index contributed by atoms with van der Waals surface area (Å²) in [5.74, 6) is -2.41. The summed E-state index contributed by atoms with van der Waals surface area (Å²) < 4.78 is 0. The molecule has 0 aromatic rings. The summed E-state index contributed by atoms with van der Waals surface area (Å²) in [5, 5.41) is 17.2. The number of nitrogens with two attached hydrogens (primary N) is 1. The lowest BCUT2D eigenvalue weighted by molar-refractivity contribution is -0.197. The number of hydrogen-bond donors (Lipinski definition) is 3. The molecule has 1 aliphatic heterocycles. The largest absolute Gasteiger partial charge is 0.481 e. The molecule has 1 saturated heterocycles. The summed E-state index contributed by atoms with van der Waals surface area (Å²) in [7, 11) is 0. The number of Topliss-reactive ketones (excluding diaryl/α,β-unsaturated/α-hetero) is 1. The van der Waals surface area contributed by atoms with Crippen molar-refractivity contribution in [3.05, 3.63) is 0 Å². The van der Waals surface area contributed by atoms with Crippen LogP contribution in [0.5, 0.6) is 0 Å². The normalized spacial score (nSPS) is 12.2. The second-order valence-corrected chi connectivity index (χ2v) is 10.5. The maximum absolute atomic E-state index is 11.5. The summed E-state index contributed by atoms with van der Waals surface area (Å²) in [6, 6.07) is 0. The van der Waals surface area contributed by atoms with Gasteiger partial charge in [0.1, 0.15) is 5.78 Å². The van der Waals surface area contributed by atoms with Crippen molar-refractivity contribution < 1.29 is 43.8 Å². The van der Waals surface area contributed by atoms with Crippen LogP contribution in [0.15, 0.2) is 0 Å². The zero-order chi connectivity index (χ0) is 32.0. The molecule has 0 aromatic heterocycles. The van der Waals surface area contributed by atoms with Gasteiger partial charge < -0.3 is 20.8 Å². The number of carbonyl (C=O) groups is 6. The van der Waals surface area contributed by atoms with Crippen molar-refractivity contribution in [2.45, 2.75) is 155 Å². The molecular formula is C31H56N2O9. The Bertz CT molecular complexity index is 756. The Morgan fingerprint density at radius 1 is 0.619 bits per heavy atom. The fourth-order valence-corrected chi connectivity index (χ4v) is 3.92. The van der Waals surface area contributed by atoms with Gasteiger partial charge >= 0.3 is 17.9 Å². The third-order valence-electron chi connectivity index (χ3n) is 6.43. The van der Waals surface area contributed by atoms with Gasteiger partial charge in [0.2, 0.25) is 0 Å². The number of unbranched alkanes of at least 4 members (excludes halogenated alkanes) is 11. The molecule has 244 valence electrons. The molecule has 11 heteroatoms. The first kappa shape index (κ1) is 41.3. The second kappa shape index (κ2) is 29.7. The lowest BCUT2D eigenvalue weighted by atomic mass is 10.0. The Morgan fingerprint density at radius 2 is 1.00 bits per heavy atom. The monoisotopic (exact) mass is 600 g/mol. The third-order valence-corrected chi connectivity index (χ3v) is 6.43. The van der Waals surface area contributed by atoms with E-state index < -0.39 is 29.7 Å². The molecule has 1 rings (SSSR count). The van der Waals surface area contributed by atoms with Crippen LogP contribution in [0.4, 0.5) is 0 Å². The number of carboxylic acids is 2. The molecule has 0 aliphatic carbocycles. The van der Waals surface area contributed by atoms with Crippen molar-refractivity contribution in [1.29, 1.82) is 0 Å². The standard InChI is InChI=1S/C14H26O3.C11H17NO4.C6H13NO2/c1-2-3-4-7-10-13(15)11-8-5-6-9-12-14(16)17;1-2-3-4-5-6-11(15)16-12-9(13)7-8-10(12)14;7-5-3-1-2-4-6(8)9/h2-12H2,1H3,(H,16,17);2-8H2,1H3;1-5,7H2,(H,8,9). The van der Waals surface area contributed by atoms with Gasteiger partial charge in [-0.25, -0.2) is 4.79 Å². The highest BCUT2D eigenvalue weighted by atomic mass is 16.7. The van der Waals surface area contributed by atoms with E-state index in [1.165, 1.54) is 19.3 Å². The molecule has 4 N–H and O–H groups in total. The van der Waals surface area contributed by atoms with Crippen molar-refractivity contribution in [3.63, 3.8) is 0 Å². The van der Waals surface area contributed by atoms with Crippen LogP contribution in [0.1, 0.15) is 155 Å². The number of hydroxylamine groups is 2. The molecule has 0 saturated carbocycles. The maximum atomic E-state index is 11.5. The van der Waals surface area contributed by atoms with Gasteiger partial charge in [0, 0.05) is 44.9 Å². The van der Waals surface area contributed by atoms with Crippen LogP contribution in [0.3, 0.4) is 0 Å². The van der Waals surface area contributed by atoms with E-state index in [1.54, 1.807) is 0 Å². The number of amides is 2. The molecule has 11 nitrogen and oxygen atoms in total. The molecule has 42 heavy (non-hydrogen) atoms. The minimum atomic E-state index is -0.725. The van der Waals surface area contributed by atoms with Crippen LogP contribution in [-0.4, -0.2) is 57.3 Å². The summed E-state index contributed by atoms with van der Waals surface area (Å²) in [6.07, 6.45) is 17.2. The van der Waals surface area contributed by atoms with Crippen molar-refractivity contribution in [1.82, 2.24) is 5.06 Å². The average Bonchev–Trinajstić information content (AvgIpc) is 3.26. The van der Waals surface area contributed by atoms with Crippen molar-refractivity contribution >= 4 is 35.5 Å². The van der Waals surface area contributed by atoms with Crippen LogP contribution in [0, 0.1) is 0 Å². The van der Waals surface area contributed by atoms with Gasteiger partial charge in [-0.1, -0.05) is 71.6 Å². The van der Waals surface area contributed by atoms with Crippen LogP contribution in [0.2, 0.25) is 0 Å². The number of nitrogens with zero attached hydrogens (tertiary/aromatic N) is 1. The molecule has 1 heterocycles. The van der Waals surface area contributed by atoms with Crippen LogP contribution >= 0.6 is 0 Å². The smallest absolute Gasteiger partial charge is 0.333 e. The first-order valence-electron chi connectivity index (χ1n) is 15.8. The van der Waals surface area contributed by atoms with Gasteiger partial charge in [-0.3, -0.25) is 24.0 Å². The number of ketones is 1. The van der Waals surface area contributed by atoms with Crippen LogP contribution in [-0.2, 0) is 33.6 Å². The molecule has 2 amide bonds. The summed E-state index contributed by atoms with van der Waals surface area (Å²) in [4.78, 5) is 69.9. The second-order valence-electron chi connectivity index (χ2n) is 10.5. The van der Waals surface area contributed by atoms with Gasteiger partial charge in [0.05, 0.1) is 0 Å². The fraction of sp³-hybridized carbons (Fsp3) is 0.806. The fourth-order valence-electron chi connectivity index (χ4n) is 3.92. The number of aliphatic carboxylic acids is 2. The molecule has 0 aromatic carbocycles. The number of hydrogen-bond acceptors (Lipinski definition) is 8. The minimum absolute atomic E-state index is 0.141. The van der Waals surface area contributed by atoms with E-state index in [0.717, 1.165) is 83.5 Å². The predicted octanol–water partition coefficient (Wildman–Crippen LogP) is 6.11. The Hall–Kier alpha value is -2.82. The Morgan fingerprint density at radius 3 is 1.40 bits per heavy atom. The van der Waals surface area contributed by atoms with E-state index in [1.807, 2.05) is 0 Å². The maximum Gasteiger partial charge on any atom is 0.333 e. The molecule has 0 atom stereocenters. The quantitative estimate of drug-likeness (QED) is 0.0914. The number of carbonyl (C=O) groups excluding carboxylic acids is 4. The first-order chi connectivity index (χ1) is 20.1. The van der Waals surface area contributed by atoms with E-state index >= 15 is 0 Å². The minimum Gasteiger partial charge on any atom is -0.481 e. The zero-order valence-electron chi connectivity index (χ0n) is 26.0. The third kappa shape index (κ3) is 28.7. The molecule has 1 aliphatic rings. The van der Waals surface area contributed by atoms with Crippen molar-refractivity contribution in [3.8, 4) is 0 Å². The van der Waals surface area contributed by atoms with E-state index in [9.17, 15) is 28.8 Å². The van der Waals surface area contributed by atoms with Crippen LogP contribution < -0.4 is 5.73 Å². The Kier molecular flexibility index (Phi) is 29.2. The van der Waals surface area contributed by atoms with E-state index in [0.29, 0.717) is 23.8 Å². The highest BCUT2D eigenvalue weighted by molar-refractivity contribution is 6.01. The molecule has 0 bridgehead atoms. The molecule has 0 radical (unpaired) electrons. The van der Waals surface area contributed by atoms with Gasteiger partial charge in [-0.05, 0) is 45.1 Å². The number of carboxylic acid groups (broad SMARTS) is 2. The van der Waals surface area contributed by atoms with E-state index in [-0.39, 0.29) is 32.1 Å². The van der Waals surface area contributed by atoms with Crippen molar-refractivity contribution in [2.24, 2.45) is 5.73 Å². The van der Waals surface area contributed by atoms with E-state index in [2.05, 4.69) is 13.8 Å². The zero-order valence-corrected chi connectivity index (χ0v) is 26.0. The lowest BCUT2D eigenvalue weighted by Gasteiger charge is -2.12. The highest BCUT2D eigenvalue weighted by Gasteiger charge is 2.32. The SMILES string of the molecule is CCCCCCC(=O)CCCCCCC(=O)O.CCCCCCC(=O)ON1C(=O)CCC1=O.NCCCCCC(=O)O. The summed E-state index contributed by atoms with van der Waals surface area (Å²) in [5.41, 5.74) is 5.20. The predicted molar refractivity (Wildman–Crippen MR) is 160 cm³/mol. The molecule has 0 spiro atoms. The number of rotatable bonds is 23. The van der Waals surface area contributed by atoms with Gasteiger partial charge in [0.25, 0.3) is 11.8 Å². The van der Waals surface area contributed by atoms with Crippen LogP contribution in [0.25, 0.3) is 0 Å². The molecule has 1 fully saturated rings. The Labute approximate surface area is 251 Å². The first-order valence-corrected chi connectivity index (χ1v) is 15.8. The average molecular weight is 601 g/mol.